The summed E-state index contributed by atoms with van der Waals surface area (Å²) in [6, 6.07) is 33.6. The van der Waals surface area contributed by atoms with Gasteiger partial charge in [0.05, 0.1) is 37.4 Å². The average Bonchev–Trinajstić information content (AvgIpc) is 3.70. The van der Waals surface area contributed by atoms with Crippen LogP contribution in [0.4, 0.5) is 10.5 Å². The van der Waals surface area contributed by atoms with E-state index in [9.17, 15) is 19.5 Å². The third kappa shape index (κ3) is 6.31. The Morgan fingerprint density at radius 3 is 2.05 bits per heavy atom. The van der Waals surface area contributed by atoms with Gasteiger partial charge < -0.3 is 29.8 Å². The van der Waals surface area contributed by atoms with Crippen LogP contribution >= 0.6 is 0 Å². The summed E-state index contributed by atoms with van der Waals surface area (Å²) in [5.74, 6) is 2.81. The Morgan fingerprint density at radius 1 is 0.776 bits per heavy atom. The number of imide groups is 1. The van der Waals surface area contributed by atoms with Gasteiger partial charge in [-0.15, -0.1) is 0 Å². The highest BCUT2D eigenvalue weighted by molar-refractivity contribution is 6.23. The standard InChI is InChI=1S/C46H39N3O9/c1-55-25-26-57-45(54)48-36-24-17-29(14-13-28-15-22-34(56-2)23-16-28)27-35(36)46(44(48)53)37(42(47)51)39-43(52)58-40(31-11-7-4-8-12-31)38(30-9-5-3-6-10-30)49(39)41(46)32-18-20-33(50)21-19-32/h3-12,15-24,27,37-41,50H,25-26H2,1-2H3,(H2,47,51)/t37-,38-,39-,40+,41+,46-/m1/s1. The molecule has 0 saturated carbocycles. The Bertz CT molecular complexity index is 2430. The number of amides is 3. The molecule has 12 nitrogen and oxygen atoms in total. The first kappa shape index (κ1) is 38.0. The Balaban J connectivity index is 1.41. The van der Waals surface area contributed by atoms with Crippen molar-refractivity contribution < 1.29 is 43.2 Å². The molecule has 3 aliphatic heterocycles. The zero-order valence-electron chi connectivity index (χ0n) is 31.6. The van der Waals surface area contributed by atoms with Crippen molar-refractivity contribution in [1.29, 1.82) is 0 Å². The van der Waals surface area contributed by atoms with Gasteiger partial charge in [-0.1, -0.05) is 84.6 Å². The van der Waals surface area contributed by atoms with E-state index in [4.69, 9.17) is 24.7 Å². The molecule has 3 amide bonds. The number of cyclic esters (lactones) is 1. The molecule has 0 unspecified atom stereocenters. The largest absolute Gasteiger partial charge is 0.508 e. The van der Waals surface area contributed by atoms with E-state index >= 15 is 4.79 Å². The second kappa shape index (κ2) is 15.5. The summed E-state index contributed by atoms with van der Waals surface area (Å²) in [6.07, 6.45) is -1.90. The van der Waals surface area contributed by atoms with Gasteiger partial charge >= 0.3 is 12.1 Å². The lowest BCUT2D eigenvalue weighted by Gasteiger charge is -2.46. The summed E-state index contributed by atoms with van der Waals surface area (Å²) >= 11 is 0. The van der Waals surface area contributed by atoms with E-state index in [-0.39, 0.29) is 30.2 Å². The van der Waals surface area contributed by atoms with Crippen molar-refractivity contribution in [3.8, 4) is 23.3 Å². The molecule has 0 bridgehead atoms. The molecule has 3 aliphatic rings. The van der Waals surface area contributed by atoms with E-state index in [1.165, 1.54) is 19.2 Å². The summed E-state index contributed by atoms with van der Waals surface area (Å²) < 4.78 is 22.3. The van der Waals surface area contributed by atoms with E-state index in [2.05, 4.69) is 11.8 Å². The predicted octanol–water partition coefficient (Wildman–Crippen LogP) is 5.73. The second-order valence-electron chi connectivity index (χ2n) is 14.2. The number of carbonyl (C=O) groups excluding carboxylic acids is 4. The van der Waals surface area contributed by atoms with Crippen molar-refractivity contribution >= 4 is 29.6 Å². The fourth-order valence-corrected chi connectivity index (χ4v) is 8.75. The number of primary amides is 1. The summed E-state index contributed by atoms with van der Waals surface area (Å²) in [5.41, 5.74) is 7.78. The van der Waals surface area contributed by atoms with Gasteiger partial charge in [0.15, 0.2) is 0 Å². The molecule has 2 saturated heterocycles. The number of esters is 1. The number of ether oxygens (including phenoxy) is 4. The van der Waals surface area contributed by atoms with Crippen LogP contribution in [0, 0.1) is 17.8 Å². The van der Waals surface area contributed by atoms with Gasteiger partial charge in [0.25, 0.3) is 0 Å². The van der Waals surface area contributed by atoms with Gasteiger partial charge in [-0.05, 0) is 76.9 Å². The molecule has 0 radical (unpaired) electrons. The molecule has 5 aromatic carbocycles. The summed E-state index contributed by atoms with van der Waals surface area (Å²) in [5, 5.41) is 10.5. The summed E-state index contributed by atoms with van der Waals surface area (Å²) in [7, 11) is 3.02. The first-order valence-electron chi connectivity index (χ1n) is 18.7. The molecule has 58 heavy (non-hydrogen) atoms. The lowest BCUT2D eigenvalue weighted by atomic mass is 9.65. The van der Waals surface area contributed by atoms with Gasteiger partial charge in [0.1, 0.15) is 35.7 Å². The number of carbonyl (C=O) groups is 4. The van der Waals surface area contributed by atoms with Gasteiger partial charge in [-0.2, -0.15) is 0 Å². The highest BCUT2D eigenvalue weighted by Crippen LogP contribution is 2.65. The van der Waals surface area contributed by atoms with E-state index in [0.717, 1.165) is 10.5 Å². The predicted molar refractivity (Wildman–Crippen MR) is 211 cm³/mol. The number of hydrogen-bond acceptors (Lipinski definition) is 10. The molecule has 0 aliphatic carbocycles. The minimum absolute atomic E-state index is 0.0452. The van der Waals surface area contributed by atoms with Crippen LogP contribution in [0.15, 0.2) is 127 Å². The number of aromatic hydroxyl groups is 1. The van der Waals surface area contributed by atoms with E-state index in [0.29, 0.717) is 28.0 Å². The molecule has 5 aromatic rings. The van der Waals surface area contributed by atoms with Crippen molar-refractivity contribution in [2.75, 3.05) is 32.3 Å². The van der Waals surface area contributed by atoms with Crippen LogP contribution < -0.4 is 15.4 Å². The quantitative estimate of drug-likeness (QED) is 0.113. The van der Waals surface area contributed by atoms with Crippen molar-refractivity contribution in [2.45, 2.75) is 29.6 Å². The Kier molecular flexibility index (Phi) is 10.2. The molecule has 1 spiro atoms. The highest BCUT2D eigenvalue weighted by Gasteiger charge is 2.75. The molecule has 3 heterocycles. The van der Waals surface area contributed by atoms with Crippen LogP contribution in [0.3, 0.4) is 0 Å². The molecule has 8 rings (SSSR count). The number of anilines is 1. The Morgan fingerprint density at radius 2 is 1.41 bits per heavy atom. The molecule has 6 atom stereocenters. The maximum atomic E-state index is 15.7. The van der Waals surface area contributed by atoms with E-state index in [1.807, 2.05) is 65.6 Å². The second-order valence-corrected chi connectivity index (χ2v) is 14.2. The number of phenolic OH excluding ortho intramolecular Hbond substituents is 1. The number of phenols is 1. The van der Waals surface area contributed by atoms with Crippen LogP contribution in [0.5, 0.6) is 11.5 Å². The van der Waals surface area contributed by atoms with Crippen molar-refractivity contribution in [3.05, 3.63) is 161 Å². The van der Waals surface area contributed by atoms with Crippen LogP contribution in [0.25, 0.3) is 0 Å². The highest BCUT2D eigenvalue weighted by atomic mass is 16.6. The topological polar surface area (TPSA) is 158 Å². The monoisotopic (exact) mass is 777 g/mol. The number of rotatable bonds is 8. The molecular formula is C46H39N3O9. The zero-order valence-corrected chi connectivity index (χ0v) is 31.6. The third-order valence-corrected chi connectivity index (χ3v) is 11.1. The molecule has 3 N–H and O–H groups in total. The van der Waals surface area contributed by atoms with Gasteiger partial charge in [0, 0.05) is 18.2 Å². The van der Waals surface area contributed by atoms with Gasteiger partial charge in [-0.3, -0.25) is 19.3 Å². The van der Waals surface area contributed by atoms with Crippen LogP contribution in [0.1, 0.15) is 51.6 Å². The van der Waals surface area contributed by atoms with Crippen molar-refractivity contribution in [2.24, 2.45) is 11.7 Å². The maximum absolute atomic E-state index is 15.7. The molecular weight excluding hydrogens is 739 g/mol. The van der Waals surface area contributed by atoms with Crippen LogP contribution in [-0.4, -0.2) is 67.4 Å². The smallest absolute Gasteiger partial charge is 0.421 e. The van der Waals surface area contributed by atoms with Crippen molar-refractivity contribution in [3.63, 3.8) is 0 Å². The normalized spacial score (nSPS) is 23.3. The van der Waals surface area contributed by atoms with Gasteiger partial charge in [-0.25, -0.2) is 9.69 Å². The number of benzene rings is 5. The molecule has 12 heteroatoms. The fourth-order valence-electron chi connectivity index (χ4n) is 8.75. The first-order valence-corrected chi connectivity index (χ1v) is 18.7. The van der Waals surface area contributed by atoms with E-state index in [1.54, 1.807) is 61.7 Å². The molecule has 0 aromatic heterocycles. The summed E-state index contributed by atoms with van der Waals surface area (Å²) in [4.78, 5) is 61.6. The number of methoxy groups -OCH3 is 2. The molecule has 2 fully saturated rings. The minimum atomic E-state index is -2.03. The number of nitrogens with two attached hydrogens (primary N) is 1. The number of nitrogens with zero attached hydrogens (tertiary/aromatic N) is 2. The summed E-state index contributed by atoms with van der Waals surface area (Å²) in [6.45, 7) is -0.101. The fraction of sp³-hybridized carbons (Fsp3) is 0.217. The number of morpholine rings is 1. The average molecular weight is 778 g/mol. The van der Waals surface area contributed by atoms with Gasteiger partial charge in [0.2, 0.25) is 11.8 Å². The molecule has 292 valence electrons. The lowest BCUT2D eigenvalue weighted by molar-refractivity contribution is -0.178. The SMILES string of the molecule is COCCOC(=O)N1C(=O)[C@@]2(c3cc(C#Cc4ccc(OC)cc4)ccc31)[C@H](c1ccc(O)cc1)N1[C@H](c3ccccc3)[C@H](c3ccccc3)OC(=O)[C@H]1[C@@H]2C(N)=O. The van der Waals surface area contributed by atoms with Crippen molar-refractivity contribution in [1.82, 2.24) is 4.90 Å². The first-order chi connectivity index (χ1) is 28.2. The maximum Gasteiger partial charge on any atom is 0.421 e. The zero-order chi connectivity index (χ0) is 40.6. The number of fused-ring (bicyclic) bond motifs is 3. The van der Waals surface area contributed by atoms with Crippen LogP contribution in [-0.2, 0) is 34.0 Å². The Labute approximate surface area is 334 Å². The third-order valence-electron chi connectivity index (χ3n) is 11.1. The Hall–Kier alpha value is -6.94. The minimum Gasteiger partial charge on any atom is -0.508 e. The lowest BCUT2D eigenvalue weighted by Crippen LogP contribution is -2.55. The van der Waals surface area contributed by atoms with E-state index < -0.39 is 59.4 Å². The number of hydrogen-bond donors (Lipinski definition) is 2. The van der Waals surface area contributed by atoms with Crippen LogP contribution in [0.2, 0.25) is 0 Å².